The molecule has 0 fully saturated rings. The van der Waals surface area contributed by atoms with E-state index >= 15 is 0 Å². The Labute approximate surface area is 155 Å². The molecule has 1 amide bonds. The molecule has 4 nitrogen and oxygen atoms in total. The Bertz CT molecular complexity index is 945. The van der Waals surface area contributed by atoms with Gasteiger partial charge in [-0.25, -0.2) is 13.5 Å². The number of anilines is 1. The van der Waals surface area contributed by atoms with Gasteiger partial charge >= 0.3 is 0 Å². The van der Waals surface area contributed by atoms with Gasteiger partial charge in [-0.05, 0) is 23.8 Å². The van der Waals surface area contributed by atoms with Gasteiger partial charge in [0.1, 0.15) is 5.82 Å². The number of nitrogens with one attached hydrogen (secondary N) is 1. The number of rotatable bonds is 4. The highest BCUT2D eigenvalue weighted by Gasteiger charge is 2.17. The summed E-state index contributed by atoms with van der Waals surface area (Å²) in [6.45, 7) is 0.412. The summed E-state index contributed by atoms with van der Waals surface area (Å²) in [5.41, 5.74) is 0.807. The molecule has 3 rings (SSSR count). The minimum Gasteiger partial charge on any atom is -0.307 e. The average Bonchev–Trinajstić information content (AvgIpc) is 3.00. The van der Waals surface area contributed by atoms with Crippen LogP contribution in [0.4, 0.5) is 14.6 Å². The van der Waals surface area contributed by atoms with E-state index in [0.717, 1.165) is 22.2 Å². The van der Waals surface area contributed by atoms with E-state index in [1.807, 2.05) is 24.3 Å². The molecule has 0 aliphatic heterocycles. The van der Waals surface area contributed by atoms with Crippen molar-refractivity contribution in [1.29, 1.82) is 0 Å². The van der Waals surface area contributed by atoms with Gasteiger partial charge < -0.3 is 5.32 Å². The number of aromatic nitrogens is 2. The first-order valence-electron chi connectivity index (χ1n) is 7.17. The van der Waals surface area contributed by atoms with Crippen LogP contribution in [0.3, 0.4) is 0 Å². The lowest BCUT2D eigenvalue weighted by atomic mass is 10.2. The summed E-state index contributed by atoms with van der Waals surface area (Å²) in [6.07, 6.45) is 1.53. The molecule has 0 aliphatic rings. The number of benzene rings is 2. The van der Waals surface area contributed by atoms with Crippen molar-refractivity contribution in [3.05, 3.63) is 80.9 Å². The molecule has 0 atom stereocenters. The van der Waals surface area contributed by atoms with Crippen LogP contribution in [0.2, 0.25) is 5.02 Å². The lowest BCUT2D eigenvalue weighted by molar-refractivity contribution is 0.102. The molecule has 8 heteroatoms. The van der Waals surface area contributed by atoms with Gasteiger partial charge in [-0.3, -0.25) is 4.79 Å². The number of hydrogen-bond donors (Lipinski definition) is 1. The van der Waals surface area contributed by atoms with Gasteiger partial charge in [0.2, 0.25) is 0 Å². The Morgan fingerprint density at radius 2 is 1.92 bits per heavy atom. The summed E-state index contributed by atoms with van der Waals surface area (Å²) in [6, 6.07) is 10.7. The Morgan fingerprint density at radius 1 is 1.20 bits per heavy atom. The molecule has 0 aliphatic carbocycles. The number of nitrogens with zero attached hydrogens (tertiary/aromatic N) is 2. The maximum atomic E-state index is 13.4. The van der Waals surface area contributed by atoms with Crippen LogP contribution in [-0.4, -0.2) is 15.7 Å². The topological polar surface area (TPSA) is 46.9 Å². The highest BCUT2D eigenvalue weighted by atomic mass is 79.9. The normalized spacial score (nSPS) is 10.7. The van der Waals surface area contributed by atoms with E-state index in [0.29, 0.717) is 12.4 Å². The Kier molecular flexibility index (Phi) is 5.15. The molecule has 0 spiro atoms. The SMILES string of the molecule is O=C(Nc1ccnn1Cc1ccccc1Br)c1cc(F)c(F)cc1Cl. The van der Waals surface area contributed by atoms with Crippen LogP contribution in [0, 0.1) is 11.6 Å². The van der Waals surface area contributed by atoms with Crippen molar-refractivity contribution < 1.29 is 13.6 Å². The summed E-state index contributed by atoms with van der Waals surface area (Å²) >= 11 is 9.29. The van der Waals surface area contributed by atoms with E-state index in [4.69, 9.17) is 11.6 Å². The van der Waals surface area contributed by atoms with Crippen LogP contribution in [-0.2, 0) is 6.54 Å². The van der Waals surface area contributed by atoms with Gasteiger partial charge in [-0.2, -0.15) is 5.10 Å². The van der Waals surface area contributed by atoms with E-state index in [2.05, 4.69) is 26.3 Å². The maximum Gasteiger partial charge on any atom is 0.258 e. The zero-order valence-corrected chi connectivity index (χ0v) is 15.0. The minimum absolute atomic E-state index is 0.158. The fourth-order valence-electron chi connectivity index (χ4n) is 2.23. The Hall–Kier alpha value is -2.25. The van der Waals surface area contributed by atoms with Crippen LogP contribution in [0.25, 0.3) is 0 Å². The van der Waals surface area contributed by atoms with E-state index < -0.39 is 17.5 Å². The first-order valence-corrected chi connectivity index (χ1v) is 8.34. The molecule has 1 aromatic heterocycles. The zero-order chi connectivity index (χ0) is 18.0. The van der Waals surface area contributed by atoms with Crippen LogP contribution in [0.1, 0.15) is 15.9 Å². The van der Waals surface area contributed by atoms with Crippen LogP contribution >= 0.6 is 27.5 Å². The van der Waals surface area contributed by atoms with Crippen molar-refractivity contribution in [3.8, 4) is 0 Å². The second-order valence-corrected chi connectivity index (χ2v) is 6.43. The highest BCUT2D eigenvalue weighted by molar-refractivity contribution is 9.10. The van der Waals surface area contributed by atoms with E-state index in [-0.39, 0.29) is 10.6 Å². The van der Waals surface area contributed by atoms with Crippen molar-refractivity contribution in [2.45, 2.75) is 6.54 Å². The Balaban J connectivity index is 1.83. The lowest BCUT2D eigenvalue weighted by Gasteiger charge is -2.11. The highest BCUT2D eigenvalue weighted by Crippen LogP contribution is 2.22. The van der Waals surface area contributed by atoms with Crippen LogP contribution in [0.5, 0.6) is 0 Å². The second kappa shape index (κ2) is 7.33. The minimum atomic E-state index is -1.14. The smallest absolute Gasteiger partial charge is 0.258 e. The third kappa shape index (κ3) is 3.88. The van der Waals surface area contributed by atoms with Crippen molar-refractivity contribution in [1.82, 2.24) is 9.78 Å². The molecule has 2 aromatic carbocycles. The third-order valence-corrected chi connectivity index (χ3v) is 4.58. The van der Waals surface area contributed by atoms with Gasteiger partial charge in [-0.1, -0.05) is 45.7 Å². The van der Waals surface area contributed by atoms with Gasteiger partial charge in [0.25, 0.3) is 5.91 Å². The zero-order valence-electron chi connectivity index (χ0n) is 12.6. The molecular formula is C17H11BrClF2N3O. The van der Waals surface area contributed by atoms with Crippen molar-refractivity contribution in [2.75, 3.05) is 5.32 Å². The predicted molar refractivity (Wildman–Crippen MR) is 94.8 cm³/mol. The molecule has 1 heterocycles. The molecule has 0 radical (unpaired) electrons. The van der Waals surface area contributed by atoms with Gasteiger partial charge in [0.15, 0.2) is 11.6 Å². The number of hydrogen-bond acceptors (Lipinski definition) is 2. The van der Waals surface area contributed by atoms with Gasteiger partial charge in [-0.15, -0.1) is 0 Å². The van der Waals surface area contributed by atoms with Gasteiger partial charge in [0.05, 0.1) is 23.3 Å². The summed E-state index contributed by atoms with van der Waals surface area (Å²) < 4.78 is 29.0. The molecular weight excluding hydrogens is 416 g/mol. The van der Waals surface area contributed by atoms with Crippen molar-refractivity contribution in [2.24, 2.45) is 0 Å². The molecule has 0 saturated carbocycles. The van der Waals surface area contributed by atoms with E-state index in [1.54, 1.807) is 10.7 Å². The summed E-state index contributed by atoms with van der Waals surface area (Å²) in [4.78, 5) is 12.3. The van der Waals surface area contributed by atoms with Crippen molar-refractivity contribution in [3.63, 3.8) is 0 Å². The molecule has 0 unspecified atom stereocenters. The van der Waals surface area contributed by atoms with Crippen LogP contribution < -0.4 is 5.32 Å². The standard InChI is InChI=1S/C17H11BrClF2N3O/c18-12-4-2-1-3-10(12)9-24-16(5-6-22-24)23-17(25)11-7-14(20)15(21)8-13(11)19/h1-8H,9H2,(H,23,25). The summed E-state index contributed by atoms with van der Waals surface area (Å²) in [5.74, 6) is -2.50. The lowest BCUT2D eigenvalue weighted by Crippen LogP contribution is -2.17. The van der Waals surface area contributed by atoms with Crippen molar-refractivity contribution >= 4 is 39.3 Å². The molecule has 3 aromatic rings. The van der Waals surface area contributed by atoms with Gasteiger partial charge in [0, 0.05) is 10.5 Å². The molecule has 0 saturated heterocycles. The first kappa shape index (κ1) is 17.6. The monoisotopic (exact) mass is 425 g/mol. The molecule has 0 bridgehead atoms. The number of amides is 1. The van der Waals surface area contributed by atoms with E-state index in [1.165, 1.54) is 6.20 Å². The number of carbonyl (C=O) groups is 1. The third-order valence-electron chi connectivity index (χ3n) is 3.49. The molecule has 1 N–H and O–H groups in total. The largest absolute Gasteiger partial charge is 0.307 e. The maximum absolute atomic E-state index is 13.4. The Morgan fingerprint density at radius 3 is 2.68 bits per heavy atom. The fraction of sp³-hybridized carbons (Fsp3) is 0.0588. The average molecular weight is 427 g/mol. The first-order chi connectivity index (χ1) is 12.0. The number of carbonyl (C=O) groups excluding carboxylic acids is 1. The summed E-state index contributed by atoms with van der Waals surface area (Å²) in [5, 5.41) is 6.60. The summed E-state index contributed by atoms with van der Waals surface area (Å²) in [7, 11) is 0. The number of halogens is 4. The quantitative estimate of drug-likeness (QED) is 0.605. The second-order valence-electron chi connectivity index (χ2n) is 5.17. The molecule has 128 valence electrons. The predicted octanol–water partition coefficient (Wildman–Crippen LogP) is 4.88. The van der Waals surface area contributed by atoms with E-state index in [9.17, 15) is 13.6 Å². The fourth-order valence-corrected chi connectivity index (χ4v) is 2.88. The van der Waals surface area contributed by atoms with Crippen LogP contribution in [0.15, 0.2) is 53.1 Å². The molecule has 25 heavy (non-hydrogen) atoms.